The van der Waals surface area contributed by atoms with Crippen LogP contribution in [0.3, 0.4) is 0 Å². The minimum atomic E-state index is -4.57. The summed E-state index contributed by atoms with van der Waals surface area (Å²) in [4.78, 5) is 12.6. The number of carbonyl (C=O) groups is 1. The molecule has 13 heteroatoms. The Kier molecular flexibility index (Phi) is 7.12. The van der Waals surface area contributed by atoms with Crippen molar-refractivity contribution >= 4 is 29.0 Å². The molecule has 2 saturated heterocycles. The van der Waals surface area contributed by atoms with Crippen LogP contribution < -0.4 is 10.6 Å². The van der Waals surface area contributed by atoms with Crippen LogP contribution in [0.25, 0.3) is 5.52 Å². The van der Waals surface area contributed by atoms with Gasteiger partial charge in [0.15, 0.2) is 5.54 Å². The van der Waals surface area contributed by atoms with E-state index < -0.39 is 23.3 Å². The monoisotopic (exact) mass is 510 g/mol. The number of piperidine rings is 1. The zero-order chi connectivity index (χ0) is 25.2. The number of nitrogens with zero attached hydrogens (tertiary/aromatic N) is 4. The van der Waals surface area contributed by atoms with Gasteiger partial charge >= 0.3 is 5.51 Å². The van der Waals surface area contributed by atoms with Crippen molar-refractivity contribution in [2.24, 2.45) is 0 Å². The number of hydrogen-bond acceptors (Lipinski definition) is 7. The number of rotatable bonds is 5. The van der Waals surface area contributed by atoms with E-state index in [4.69, 9.17) is 4.74 Å². The summed E-state index contributed by atoms with van der Waals surface area (Å²) in [5.41, 5.74) is -5.30. The average Bonchev–Trinajstić information content (AvgIpc) is 3.09. The summed E-state index contributed by atoms with van der Waals surface area (Å²) in [6.07, 6.45) is -0.933. The highest BCUT2D eigenvalue weighted by atomic mass is 32.2. The molecule has 0 aromatic carbocycles. The van der Waals surface area contributed by atoms with E-state index in [9.17, 15) is 23.2 Å². The molecule has 0 radical (unpaired) electrons. The van der Waals surface area contributed by atoms with E-state index in [-0.39, 0.29) is 60.1 Å². The van der Waals surface area contributed by atoms with Gasteiger partial charge in [0.1, 0.15) is 17.7 Å². The number of amides is 1. The number of fused-ring (bicyclic) bond motifs is 1. The number of likely N-dealkylation sites (tertiary alicyclic amines) is 1. The number of pyridine rings is 1. The summed E-state index contributed by atoms with van der Waals surface area (Å²) < 4.78 is 61.3. The Morgan fingerprint density at radius 1 is 1.40 bits per heavy atom. The quantitative estimate of drug-likeness (QED) is 0.363. The molecule has 0 aliphatic carbocycles. The van der Waals surface area contributed by atoms with Gasteiger partial charge in [-0.2, -0.15) is 23.5 Å². The molecule has 0 unspecified atom stereocenters. The lowest BCUT2D eigenvalue weighted by Gasteiger charge is -2.48. The summed E-state index contributed by atoms with van der Waals surface area (Å²) in [6, 6.07) is 6.24. The summed E-state index contributed by atoms with van der Waals surface area (Å²) in [5.74, 6) is 5.20. The van der Waals surface area contributed by atoms with E-state index in [1.165, 1.54) is 17.5 Å². The Morgan fingerprint density at radius 2 is 2.17 bits per heavy atom. The summed E-state index contributed by atoms with van der Waals surface area (Å²) >= 11 is -0.327. The second-order valence-corrected chi connectivity index (χ2v) is 9.36. The predicted octanol–water partition coefficient (Wildman–Crippen LogP) is 2.55. The molecule has 0 spiro atoms. The van der Waals surface area contributed by atoms with Crippen molar-refractivity contribution in [2.75, 3.05) is 38.2 Å². The van der Waals surface area contributed by atoms with Crippen LogP contribution in [-0.2, 0) is 9.53 Å². The van der Waals surface area contributed by atoms with Crippen molar-refractivity contribution < 1.29 is 27.1 Å². The maximum atomic E-state index is 15.1. The van der Waals surface area contributed by atoms with Gasteiger partial charge in [-0.05, 0) is 36.2 Å². The third-order valence-electron chi connectivity index (χ3n) is 5.83. The molecule has 2 N–H and O–H groups in total. The molecule has 2 aliphatic rings. The molecule has 2 aliphatic heterocycles. The summed E-state index contributed by atoms with van der Waals surface area (Å²) in [7, 11) is 0. The normalized spacial score (nSPS) is 21.9. The first-order valence-corrected chi connectivity index (χ1v) is 11.6. The molecule has 2 aromatic rings. The van der Waals surface area contributed by atoms with Crippen molar-refractivity contribution in [3.8, 4) is 17.9 Å². The van der Waals surface area contributed by atoms with E-state index >= 15 is 4.39 Å². The maximum Gasteiger partial charge on any atom is 0.446 e. The van der Waals surface area contributed by atoms with Crippen molar-refractivity contribution in [3.05, 3.63) is 23.9 Å². The first kappa shape index (κ1) is 25.1. The van der Waals surface area contributed by atoms with Gasteiger partial charge < -0.3 is 15.4 Å². The number of aromatic nitrogens is 2. The first-order valence-electron chi connectivity index (χ1n) is 10.8. The number of thioether (sulfide) groups is 1. The van der Waals surface area contributed by atoms with Crippen molar-refractivity contribution in [2.45, 2.75) is 41.5 Å². The second kappa shape index (κ2) is 9.93. The number of nitrogens with one attached hydrogen (secondary N) is 2. The van der Waals surface area contributed by atoms with Crippen molar-refractivity contribution in [1.29, 1.82) is 5.26 Å². The smallest absolute Gasteiger partial charge is 0.375 e. The Labute approximate surface area is 203 Å². The number of halogens is 4. The highest BCUT2D eigenvalue weighted by Gasteiger charge is 2.48. The molecule has 4 rings (SSSR count). The van der Waals surface area contributed by atoms with Gasteiger partial charge in [-0.15, -0.1) is 0 Å². The zero-order valence-electron chi connectivity index (χ0n) is 18.7. The molecular formula is C22H22F4N6O2S. The molecular weight excluding hydrogens is 488 g/mol. The van der Waals surface area contributed by atoms with Gasteiger partial charge in [-0.25, -0.2) is 8.91 Å². The highest BCUT2D eigenvalue weighted by molar-refractivity contribution is 8.00. The van der Waals surface area contributed by atoms with E-state index in [1.807, 2.05) is 0 Å². The number of carbonyl (C=O) groups excluding carboxylic acids is 1. The minimum absolute atomic E-state index is 0.0399. The van der Waals surface area contributed by atoms with Crippen LogP contribution in [0.2, 0.25) is 0 Å². The Hall–Kier alpha value is -3.00. The standard InChI is InChI=1S/C22H22F4N6O2S/c1-14(33)28-8-3-4-17-20(35-22(24,25)26)18-5-2-6-19(32(18)30-17)29-16-7-9-31(10-15(16)23)21(11-27)12-34-13-21/h2,5-6,15-16,29H,7-10,12-13H2,1H3,(H,28,33)/t15-,16+/m0/s1. The van der Waals surface area contributed by atoms with Crippen molar-refractivity contribution in [3.63, 3.8) is 0 Å². The fourth-order valence-corrected chi connectivity index (χ4v) is 4.69. The number of hydrogen-bond donors (Lipinski definition) is 2. The number of nitriles is 1. The van der Waals surface area contributed by atoms with Gasteiger partial charge in [-0.1, -0.05) is 12.0 Å². The number of anilines is 1. The van der Waals surface area contributed by atoms with E-state index in [1.54, 1.807) is 17.0 Å². The maximum absolute atomic E-state index is 15.1. The van der Waals surface area contributed by atoms with Crippen LogP contribution in [-0.4, -0.2) is 76.5 Å². The lowest BCUT2D eigenvalue weighted by atomic mass is 9.92. The Balaban J connectivity index is 1.58. The molecule has 0 bridgehead atoms. The van der Waals surface area contributed by atoms with Crippen LogP contribution in [0.5, 0.6) is 0 Å². The third kappa shape index (κ3) is 5.48. The minimum Gasteiger partial charge on any atom is -0.375 e. The molecule has 2 atom stereocenters. The van der Waals surface area contributed by atoms with Gasteiger partial charge in [0.2, 0.25) is 5.91 Å². The largest absolute Gasteiger partial charge is 0.446 e. The fraction of sp³-hybridized carbons (Fsp3) is 0.500. The molecule has 2 fully saturated rings. The molecule has 35 heavy (non-hydrogen) atoms. The molecule has 2 aromatic heterocycles. The highest BCUT2D eigenvalue weighted by Crippen LogP contribution is 2.41. The van der Waals surface area contributed by atoms with E-state index in [2.05, 4.69) is 33.6 Å². The molecule has 0 saturated carbocycles. The van der Waals surface area contributed by atoms with E-state index in [0.29, 0.717) is 18.8 Å². The second-order valence-electron chi connectivity index (χ2n) is 8.28. The lowest BCUT2D eigenvalue weighted by Crippen LogP contribution is -2.65. The summed E-state index contributed by atoms with van der Waals surface area (Å²) in [6.45, 7) is 2.26. The van der Waals surface area contributed by atoms with Gasteiger partial charge in [0, 0.05) is 20.0 Å². The van der Waals surface area contributed by atoms with Crippen LogP contribution >= 0.6 is 11.8 Å². The SMILES string of the molecule is CC(=O)NCC#Cc1nn2c(N[C@@H]3CCN(C4(C#N)COC4)C[C@@H]3F)cccc2c1SC(F)(F)F. The predicted molar refractivity (Wildman–Crippen MR) is 120 cm³/mol. The van der Waals surface area contributed by atoms with Crippen LogP contribution in [0.15, 0.2) is 23.1 Å². The van der Waals surface area contributed by atoms with Crippen LogP contribution in [0, 0.1) is 23.2 Å². The molecule has 1 amide bonds. The van der Waals surface area contributed by atoms with Crippen molar-refractivity contribution in [1.82, 2.24) is 19.8 Å². The first-order chi connectivity index (χ1) is 16.6. The Morgan fingerprint density at radius 3 is 2.77 bits per heavy atom. The molecule has 8 nitrogen and oxygen atoms in total. The van der Waals surface area contributed by atoms with Gasteiger partial charge in [0.05, 0.1) is 42.3 Å². The number of alkyl halides is 4. The average molecular weight is 511 g/mol. The van der Waals surface area contributed by atoms with Crippen LogP contribution in [0.1, 0.15) is 19.0 Å². The molecule has 186 valence electrons. The topological polar surface area (TPSA) is 94.7 Å². The third-order valence-corrected chi connectivity index (χ3v) is 6.67. The zero-order valence-corrected chi connectivity index (χ0v) is 19.5. The van der Waals surface area contributed by atoms with Crippen LogP contribution in [0.4, 0.5) is 23.4 Å². The summed E-state index contributed by atoms with van der Waals surface area (Å²) in [5, 5.41) is 19.2. The van der Waals surface area contributed by atoms with E-state index in [0.717, 1.165) is 0 Å². The lowest BCUT2D eigenvalue weighted by molar-refractivity contribution is -0.121. The Bertz CT molecular complexity index is 1210. The fourth-order valence-electron chi connectivity index (χ4n) is 4.01. The van der Waals surface area contributed by atoms with Gasteiger partial charge in [0.25, 0.3) is 0 Å². The van der Waals surface area contributed by atoms with Gasteiger partial charge in [-0.3, -0.25) is 9.69 Å². The number of ether oxygens (including phenoxy) is 1. The molecule has 4 heterocycles.